The maximum absolute atomic E-state index is 12.6. The summed E-state index contributed by atoms with van der Waals surface area (Å²) in [6, 6.07) is 9.37. The molecule has 4 nitrogen and oxygen atoms in total. The molecular formula is C23H28O4. The first-order chi connectivity index (χ1) is 13.1. The molecule has 0 atom stereocenters. The average Bonchev–Trinajstić information content (AvgIpc) is 2.71. The van der Waals surface area contributed by atoms with Crippen molar-refractivity contribution < 1.29 is 19.1 Å². The zero-order valence-electron chi connectivity index (χ0n) is 16.2. The molecule has 4 heteroatoms. The van der Waals surface area contributed by atoms with Gasteiger partial charge in [-0.25, -0.2) is 0 Å². The maximum Gasteiger partial charge on any atom is 0.305 e. The van der Waals surface area contributed by atoms with Gasteiger partial charge in [-0.2, -0.15) is 0 Å². The molecule has 0 fully saturated rings. The molecule has 0 heterocycles. The number of ketones is 1. The third-order valence-corrected chi connectivity index (χ3v) is 4.53. The van der Waals surface area contributed by atoms with Crippen molar-refractivity contribution in [2.45, 2.75) is 39.0 Å². The summed E-state index contributed by atoms with van der Waals surface area (Å²) < 4.78 is 9.90. The van der Waals surface area contributed by atoms with Gasteiger partial charge in [-0.1, -0.05) is 48.6 Å². The third-order valence-electron chi connectivity index (χ3n) is 4.53. The summed E-state index contributed by atoms with van der Waals surface area (Å²) in [5.41, 5.74) is 3.79. The zero-order chi connectivity index (χ0) is 19.5. The van der Waals surface area contributed by atoms with Crippen LogP contribution in [0.25, 0.3) is 0 Å². The Kier molecular flexibility index (Phi) is 8.72. The smallest absolute Gasteiger partial charge is 0.305 e. The molecule has 0 aliphatic heterocycles. The van der Waals surface area contributed by atoms with Gasteiger partial charge in [0.05, 0.1) is 6.61 Å². The van der Waals surface area contributed by atoms with E-state index >= 15 is 0 Å². The number of esters is 1. The van der Waals surface area contributed by atoms with Gasteiger partial charge in [0, 0.05) is 24.7 Å². The Bertz CT molecular complexity index is 726. The predicted octanol–water partition coefficient (Wildman–Crippen LogP) is 4.82. The largest absolute Gasteiger partial charge is 0.463 e. The van der Waals surface area contributed by atoms with Crippen molar-refractivity contribution in [3.63, 3.8) is 0 Å². The molecule has 0 radical (unpaired) electrons. The van der Waals surface area contributed by atoms with Gasteiger partial charge in [0.25, 0.3) is 0 Å². The molecule has 0 saturated heterocycles. The summed E-state index contributed by atoms with van der Waals surface area (Å²) in [6.07, 6.45) is 10.1. The summed E-state index contributed by atoms with van der Waals surface area (Å²) in [6.45, 7) is 2.64. The van der Waals surface area contributed by atoms with Crippen LogP contribution in [0.4, 0.5) is 0 Å². The van der Waals surface area contributed by atoms with Crippen molar-refractivity contribution in [1.82, 2.24) is 0 Å². The number of allylic oxidation sites excluding steroid dienone is 6. The highest BCUT2D eigenvalue weighted by atomic mass is 16.6. The van der Waals surface area contributed by atoms with Gasteiger partial charge in [0.1, 0.15) is 6.61 Å². The second-order valence-corrected chi connectivity index (χ2v) is 6.59. The molecular weight excluding hydrogens is 340 g/mol. The van der Waals surface area contributed by atoms with Crippen LogP contribution >= 0.6 is 0 Å². The number of benzene rings is 1. The molecule has 144 valence electrons. The second-order valence-electron chi connectivity index (χ2n) is 6.59. The van der Waals surface area contributed by atoms with E-state index in [1.807, 2.05) is 37.3 Å². The first-order valence-corrected chi connectivity index (χ1v) is 9.43. The molecule has 0 spiro atoms. The number of methoxy groups -OCH3 is 1. The summed E-state index contributed by atoms with van der Waals surface area (Å²) in [7, 11) is 1.58. The van der Waals surface area contributed by atoms with E-state index in [-0.39, 0.29) is 11.8 Å². The molecule has 1 aliphatic carbocycles. The lowest BCUT2D eigenvalue weighted by molar-refractivity contribution is -0.145. The van der Waals surface area contributed by atoms with Gasteiger partial charge in [-0.3, -0.25) is 9.59 Å². The van der Waals surface area contributed by atoms with Gasteiger partial charge < -0.3 is 9.47 Å². The normalized spacial score (nSPS) is 15.3. The molecule has 0 amide bonds. The van der Waals surface area contributed by atoms with E-state index in [4.69, 9.17) is 9.47 Å². The van der Waals surface area contributed by atoms with Crippen LogP contribution in [0.1, 0.15) is 49.4 Å². The molecule has 1 aliphatic rings. The number of unbranched alkanes of at least 4 members (excludes halogenated alkanes) is 1. The van der Waals surface area contributed by atoms with E-state index in [0.29, 0.717) is 19.6 Å². The Hall–Kier alpha value is -2.46. The fraction of sp³-hybridized carbons (Fsp3) is 0.391. The number of rotatable bonds is 10. The SMILES string of the molecule is COCCOC(=O)CCCCC1=C/C(=C(\C)C(=O)c2ccccc2)CC=C1. The lowest BCUT2D eigenvalue weighted by atomic mass is 9.92. The first-order valence-electron chi connectivity index (χ1n) is 9.43. The topological polar surface area (TPSA) is 52.6 Å². The Morgan fingerprint density at radius 2 is 1.85 bits per heavy atom. The summed E-state index contributed by atoms with van der Waals surface area (Å²) >= 11 is 0. The molecule has 0 unspecified atom stereocenters. The molecule has 2 rings (SSSR count). The van der Waals surface area contributed by atoms with Crippen molar-refractivity contribution in [2.75, 3.05) is 20.3 Å². The van der Waals surface area contributed by atoms with Crippen LogP contribution in [-0.4, -0.2) is 32.1 Å². The lowest BCUT2D eigenvalue weighted by Crippen LogP contribution is -2.09. The quantitative estimate of drug-likeness (QED) is 0.257. The van der Waals surface area contributed by atoms with Crippen molar-refractivity contribution in [1.29, 1.82) is 0 Å². The van der Waals surface area contributed by atoms with Crippen LogP contribution in [0.3, 0.4) is 0 Å². The highest BCUT2D eigenvalue weighted by Gasteiger charge is 2.13. The Labute approximate surface area is 161 Å². The van der Waals surface area contributed by atoms with Crippen LogP contribution in [0.5, 0.6) is 0 Å². The fourth-order valence-electron chi connectivity index (χ4n) is 2.95. The monoisotopic (exact) mass is 368 g/mol. The number of Topliss-reactive ketones (excluding diaryl/α,β-unsaturated/α-hetero) is 1. The summed E-state index contributed by atoms with van der Waals surface area (Å²) in [5, 5.41) is 0. The summed E-state index contributed by atoms with van der Waals surface area (Å²) in [4.78, 5) is 24.2. The molecule has 1 aromatic rings. The van der Waals surface area contributed by atoms with E-state index in [0.717, 1.165) is 42.4 Å². The Morgan fingerprint density at radius 3 is 2.59 bits per heavy atom. The van der Waals surface area contributed by atoms with E-state index in [1.165, 1.54) is 5.57 Å². The number of hydrogen-bond donors (Lipinski definition) is 0. The van der Waals surface area contributed by atoms with Gasteiger partial charge in [-0.05, 0) is 43.8 Å². The number of carbonyl (C=O) groups excluding carboxylic acids is 2. The van der Waals surface area contributed by atoms with Crippen LogP contribution in [0.15, 0.2) is 65.3 Å². The first kappa shape index (κ1) is 20.8. The highest BCUT2D eigenvalue weighted by Crippen LogP contribution is 2.24. The second kappa shape index (κ2) is 11.3. The zero-order valence-corrected chi connectivity index (χ0v) is 16.2. The van der Waals surface area contributed by atoms with Crippen LogP contribution < -0.4 is 0 Å². The lowest BCUT2D eigenvalue weighted by Gasteiger charge is -2.13. The van der Waals surface area contributed by atoms with Gasteiger partial charge in [-0.15, -0.1) is 0 Å². The third kappa shape index (κ3) is 6.99. The number of hydrogen-bond acceptors (Lipinski definition) is 4. The highest BCUT2D eigenvalue weighted by molar-refractivity contribution is 6.09. The minimum Gasteiger partial charge on any atom is -0.463 e. The van der Waals surface area contributed by atoms with E-state index in [1.54, 1.807) is 7.11 Å². The minimum atomic E-state index is -0.176. The van der Waals surface area contributed by atoms with E-state index in [2.05, 4.69) is 18.2 Å². The molecule has 0 saturated carbocycles. The Morgan fingerprint density at radius 1 is 1.07 bits per heavy atom. The molecule has 27 heavy (non-hydrogen) atoms. The average molecular weight is 368 g/mol. The molecule has 1 aromatic carbocycles. The summed E-state index contributed by atoms with van der Waals surface area (Å²) in [5.74, 6) is -0.0968. The van der Waals surface area contributed by atoms with Gasteiger partial charge in [0.15, 0.2) is 5.78 Å². The van der Waals surface area contributed by atoms with Crippen LogP contribution in [-0.2, 0) is 14.3 Å². The van der Waals surface area contributed by atoms with Crippen molar-refractivity contribution in [3.05, 3.63) is 70.8 Å². The van der Waals surface area contributed by atoms with Crippen molar-refractivity contribution in [3.8, 4) is 0 Å². The Balaban J connectivity index is 1.85. The molecule has 0 N–H and O–H groups in total. The molecule has 0 aromatic heterocycles. The van der Waals surface area contributed by atoms with Crippen LogP contribution in [0.2, 0.25) is 0 Å². The van der Waals surface area contributed by atoms with Crippen molar-refractivity contribution >= 4 is 11.8 Å². The van der Waals surface area contributed by atoms with E-state index in [9.17, 15) is 9.59 Å². The minimum absolute atomic E-state index is 0.0790. The van der Waals surface area contributed by atoms with Gasteiger partial charge >= 0.3 is 5.97 Å². The van der Waals surface area contributed by atoms with Gasteiger partial charge in [0.2, 0.25) is 0 Å². The van der Waals surface area contributed by atoms with E-state index < -0.39 is 0 Å². The van der Waals surface area contributed by atoms with Crippen LogP contribution in [0, 0.1) is 0 Å². The standard InChI is InChI=1S/C23H28O4/c1-18(23(25)20-11-4-3-5-12-20)21-13-8-10-19(17-21)9-6-7-14-22(24)27-16-15-26-2/h3-5,8,10-12,17H,6-7,9,13-16H2,1-2H3/b21-18+. The number of carbonyl (C=O) groups is 2. The van der Waals surface area contributed by atoms with Crippen molar-refractivity contribution in [2.24, 2.45) is 0 Å². The number of ether oxygens (including phenoxy) is 2. The fourth-order valence-corrected chi connectivity index (χ4v) is 2.95. The molecule has 0 bridgehead atoms. The maximum atomic E-state index is 12.6. The predicted molar refractivity (Wildman–Crippen MR) is 107 cm³/mol.